The predicted octanol–water partition coefficient (Wildman–Crippen LogP) is 2.61. The minimum absolute atomic E-state index is 0.0233. The molecule has 1 N–H and O–H groups in total. The standard InChI is InChI=1S/C14H19F3N2O/c1-14(2)9-19(6-5-18-14)8-10-3-4-12(11(15)7-10)20-13(16)17/h3-4,7,13,18H,5-6,8-9H2,1-2H3. The summed E-state index contributed by atoms with van der Waals surface area (Å²) in [6.07, 6.45) is 0. The Bertz CT molecular complexity index is 466. The smallest absolute Gasteiger partial charge is 0.387 e. The zero-order chi connectivity index (χ0) is 14.8. The molecule has 1 fully saturated rings. The molecule has 112 valence electrons. The van der Waals surface area contributed by atoms with Gasteiger partial charge in [-0.15, -0.1) is 0 Å². The number of piperazine rings is 1. The van der Waals surface area contributed by atoms with Crippen LogP contribution in [0, 0.1) is 5.82 Å². The summed E-state index contributed by atoms with van der Waals surface area (Å²) in [7, 11) is 0. The minimum atomic E-state index is -3.01. The molecule has 1 aliphatic rings. The molecule has 1 saturated heterocycles. The van der Waals surface area contributed by atoms with E-state index in [-0.39, 0.29) is 5.54 Å². The maximum atomic E-state index is 13.6. The Balaban J connectivity index is 2.01. The molecule has 1 heterocycles. The molecule has 3 nitrogen and oxygen atoms in total. The number of rotatable bonds is 4. The average molecular weight is 288 g/mol. The lowest BCUT2D eigenvalue weighted by atomic mass is 10.0. The predicted molar refractivity (Wildman–Crippen MR) is 70.4 cm³/mol. The van der Waals surface area contributed by atoms with Gasteiger partial charge in [-0.2, -0.15) is 8.78 Å². The van der Waals surface area contributed by atoms with Crippen molar-refractivity contribution >= 4 is 0 Å². The second-order valence-electron chi connectivity index (χ2n) is 5.66. The molecule has 0 saturated carbocycles. The van der Waals surface area contributed by atoms with E-state index in [1.807, 2.05) is 0 Å². The molecule has 2 rings (SSSR count). The van der Waals surface area contributed by atoms with Crippen LogP contribution in [0.15, 0.2) is 18.2 Å². The van der Waals surface area contributed by atoms with E-state index in [9.17, 15) is 13.2 Å². The molecule has 0 aliphatic carbocycles. The number of hydrogen-bond donors (Lipinski definition) is 1. The highest BCUT2D eigenvalue weighted by molar-refractivity contribution is 5.29. The van der Waals surface area contributed by atoms with Gasteiger partial charge in [-0.3, -0.25) is 4.90 Å². The fourth-order valence-electron chi connectivity index (χ4n) is 2.47. The number of ether oxygens (including phenoxy) is 1. The molecule has 6 heteroatoms. The van der Waals surface area contributed by atoms with Crippen LogP contribution >= 0.6 is 0 Å². The summed E-state index contributed by atoms with van der Waals surface area (Å²) in [5.41, 5.74) is 0.775. The van der Waals surface area contributed by atoms with Crippen LogP contribution in [0.3, 0.4) is 0 Å². The van der Waals surface area contributed by atoms with Gasteiger partial charge in [0.25, 0.3) is 0 Å². The molecule has 0 aromatic heterocycles. The van der Waals surface area contributed by atoms with Crippen LogP contribution < -0.4 is 10.1 Å². The summed E-state index contributed by atoms with van der Waals surface area (Å²) < 4.78 is 41.8. The Labute approximate surface area is 116 Å². The number of nitrogens with zero attached hydrogens (tertiary/aromatic N) is 1. The van der Waals surface area contributed by atoms with Crippen molar-refractivity contribution in [1.82, 2.24) is 10.2 Å². The van der Waals surface area contributed by atoms with E-state index in [0.717, 1.165) is 25.2 Å². The first-order valence-corrected chi connectivity index (χ1v) is 6.56. The SMILES string of the molecule is CC1(C)CN(Cc2ccc(OC(F)F)c(F)c2)CCN1. The van der Waals surface area contributed by atoms with Crippen molar-refractivity contribution < 1.29 is 17.9 Å². The summed E-state index contributed by atoms with van der Waals surface area (Å²) in [6, 6.07) is 4.13. The van der Waals surface area contributed by atoms with Crippen LogP contribution in [0.5, 0.6) is 5.75 Å². The average Bonchev–Trinajstić information content (AvgIpc) is 2.31. The highest BCUT2D eigenvalue weighted by atomic mass is 19.3. The van der Waals surface area contributed by atoms with Gasteiger partial charge in [-0.05, 0) is 31.5 Å². The molecule has 0 radical (unpaired) electrons. The maximum absolute atomic E-state index is 13.6. The van der Waals surface area contributed by atoms with Crippen LogP contribution in [-0.2, 0) is 6.54 Å². The second-order valence-corrected chi connectivity index (χ2v) is 5.66. The van der Waals surface area contributed by atoms with Crippen molar-refractivity contribution in [3.05, 3.63) is 29.6 Å². The fraction of sp³-hybridized carbons (Fsp3) is 0.571. The molecule has 0 unspecified atom stereocenters. The lowest BCUT2D eigenvalue weighted by molar-refractivity contribution is -0.0522. The minimum Gasteiger partial charge on any atom is -0.432 e. The molecule has 1 aromatic rings. The first-order chi connectivity index (χ1) is 9.35. The Kier molecular flexibility index (Phi) is 4.55. The van der Waals surface area contributed by atoms with Gasteiger partial charge in [0, 0.05) is 31.7 Å². The molecule has 0 amide bonds. The molecule has 0 spiro atoms. The number of nitrogens with one attached hydrogen (secondary N) is 1. The van der Waals surface area contributed by atoms with E-state index in [2.05, 4.69) is 28.8 Å². The summed E-state index contributed by atoms with van der Waals surface area (Å²) in [5, 5.41) is 3.40. The highest BCUT2D eigenvalue weighted by Crippen LogP contribution is 2.22. The quantitative estimate of drug-likeness (QED) is 0.921. The fourth-order valence-corrected chi connectivity index (χ4v) is 2.47. The summed E-state index contributed by atoms with van der Waals surface area (Å²) in [6.45, 7) is 4.41. The lowest BCUT2D eigenvalue weighted by Gasteiger charge is -2.39. The molecule has 0 bridgehead atoms. The zero-order valence-electron chi connectivity index (χ0n) is 11.6. The van der Waals surface area contributed by atoms with Gasteiger partial charge in [0.1, 0.15) is 0 Å². The lowest BCUT2D eigenvalue weighted by Crippen LogP contribution is -2.56. The molecule has 0 atom stereocenters. The Morgan fingerprint density at radius 2 is 2.15 bits per heavy atom. The number of benzene rings is 1. The van der Waals surface area contributed by atoms with Crippen molar-refractivity contribution in [3.8, 4) is 5.75 Å². The monoisotopic (exact) mass is 288 g/mol. The molecule has 1 aliphatic heterocycles. The van der Waals surface area contributed by atoms with Gasteiger partial charge in [0.15, 0.2) is 11.6 Å². The molecular weight excluding hydrogens is 269 g/mol. The van der Waals surface area contributed by atoms with Gasteiger partial charge in [-0.25, -0.2) is 4.39 Å². The summed E-state index contributed by atoms with van der Waals surface area (Å²) in [4.78, 5) is 2.21. The van der Waals surface area contributed by atoms with Crippen LogP contribution in [0.1, 0.15) is 19.4 Å². The van der Waals surface area contributed by atoms with E-state index >= 15 is 0 Å². The van der Waals surface area contributed by atoms with E-state index in [0.29, 0.717) is 6.54 Å². The molecule has 20 heavy (non-hydrogen) atoms. The van der Waals surface area contributed by atoms with Crippen molar-refractivity contribution in [2.75, 3.05) is 19.6 Å². The van der Waals surface area contributed by atoms with Crippen LogP contribution in [0.4, 0.5) is 13.2 Å². The first-order valence-electron chi connectivity index (χ1n) is 6.56. The highest BCUT2D eigenvalue weighted by Gasteiger charge is 2.25. The largest absolute Gasteiger partial charge is 0.432 e. The second kappa shape index (κ2) is 6.01. The Morgan fingerprint density at radius 1 is 1.40 bits per heavy atom. The van der Waals surface area contributed by atoms with E-state index in [4.69, 9.17) is 0 Å². The van der Waals surface area contributed by atoms with Crippen molar-refractivity contribution in [2.45, 2.75) is 32.5 Å². The summed E-state index contributed by atoms with van der Waals surface area (Å²) >= 11 is 0. The third-order valence-corrected chi connectivity index (χ3v) is 3.27. The third kappa shape index (κ3) is 4.11. The van der Waals surface area contributed by atoms with Crippen LogP contribution in [0.25, 0.3) is 0 Å². The van der Waals surface area contributed by atoms with Crippen LogP contribution in [0.2, 0.25) is 0 Å². The van der Waals surface area contributed by atoms with Gasteiger partial charge in [0.05, 0.1) is 0 Å². The number of hydrogen-bond acceptors (Lipinski definition) is 3. The van der Waals surface area contributed by atoms with Gasteiger partial charge in [-0.1, -0.05) is 6.07 Å². The number of halogens is 3. The third-order valence-electron chi connectivity index (χ3n) is 3.27. The molecular formula is C14H19F3N2O. The Morgan fingerprint density at radius 3 is 2.75 bits per heavy atom. The van der Waals surface area contributed by atoms with Crippen LogP contribution in [-0.4, -0.2) is 36.7 Å². The first kappa shape index (κ1) is 15.1. The number of alkyl halides is 2. The van der Waals surface area contributed by atoms with Gasteiger partial charge >= 0.3 is 6.61 Å². The normalized spacial score (nSPS) is 19.3. The van der Waals surface area contributed by atoms with Crippen molar-refractivity contribution in [3.63, 3.8) is 0 Å². The molecule has 1 aromatic carbocycles. The van der Waals surface area contributed by atoms with E-state index < -0.39 is 18.2 Å². The van der Waals surface area contributed by atoms with E-state index in [1.54, 1.807) is 6.07 Å². The van der Waals surface area contributed by atoms with Gasteiger partial charge < -0.3 is 10.1 Å². The topological polar surface area (TPSA) is 24.5 Å². The zero-order valence-corrected chi connectivity index (χ0v) is 11.6. The van der Waals surface area contributed by atoms with Crippen molar-refractivity contribution in [2.24, 2.45) is 0 Å². The van der Waals surface area contributed by atoms with Gasteiger partial charge in [0.2, 0.25) is 0 Å². The Hall–Kier alpha value is -1.27. The van der Waals surface area contributed by atoms with E-state index in [1.165, 1.54) is 12.1 Å². The van der Waals surface area contributed by atoms with Crippen molar-refractivity contribution in [1.29, 1.82) is 0 Å². The summed E-state index contributed by atoms with van der Waals surface area (Å²) in [5.74, 6) is -1.17. The maximum Gasteiger partial charge on any atom is 0.387 e.